The van der Waals surface area contributed by atoms with Crippen molar-refractivity contribution in [2.45, 2.75) is 116 Å². The maximum atomic E-state index is 12.9. The number of hydroxylamine groups is 2. The smallest absolute Gasteiger partial charge is 0.387 e. The SMILES string of the molecule is Cc1nc(/C(=N/OC2(C(=O)OC(C)(C)C)CCOCC2)C(=O)O)cs1.Cc1nc(/C(=N/OC2(C(=O)OC(C)(C)C)CCOCC2)C(=O)ON2C(=O)CCC2=O)cs1. The summed E-state index contributed by atoms with van der Waals surface area (Å²) in [7, 11) is 0. The molecule has 0 aliphatic carbocycles. The van der Waals surface area contributed by atoms with Crippen LogP contribution in [0.15, 0.2) is 21.1 Å². The summed E-state index contributed by atoms with van der Waals surface area (Å²) < 4.78 is 21.6. The Morgan fingerprint density at radius 1 is 0.719 bits per heavy atom. The zero-order valence-electron chi connectivity index (χ0n) is 33.0. The van der Waals surface area contributed by atoms with Gasteiger partial charge < -0.3 is 38.6 Å². The van der Waals surface area contributed by atoms with Gasteiger partial charge in [0, 0.05) is 49.3 Å². The van der Waals surface area contributed by atoms with Crippen LogP contribution in [0.25, 0.3) is 0 Å². The summed E-state index contributed by atoms with van der Waals surface area (Å²) >= 11 is 2.56. The van der Waals surface area contributed by atoms with E-state index in [1.54, 1.807) is 66.2 Å². The molecular formula is C36H47N5O14S2. The number of oxime groups is 2. The number of aryl methyl sites for hydroxylation is 2. The monoisotopic (exact) mass is 837 g/mol. The van der Waals surface area contributed by atoms with Crippen LogP contribution < -0.4 is 0 Å². The highest BCUT2D eigenvalue weighted by molar-refractivity contribution is 7.10. The second-order valence-corrected chi connectivity index (χ2v) is 17.2. The summed E-state index contributed by atoms with van der Waals surface area (Å²) in [5, 5.41) is 22.0. The Labute approximate surface area is 336 Å². The number of hydrogen-bond donors (Lipinski definition) is 1. The third kappa shape index (κ3) is 12.3. The van der Waals surface area contributed by atoms with E-state index in [2.05, 4.69) is 20.3 Å². The Kier molecular flexibility index (Phi) is 14.6. The van der Waals surface area contributed by atoms with E-state index in [-0.39, 0.29) is 74.5 Å². The summed E-state index contributed by atoms with van der Waals surface area (Å²) in [5.74, 6) is -4.86. The lowest BCUT2D eigenvalue weighted by Gasteiger charge is -2.34. The minimum Gasteiger partial charge on any atom is -0.476 e. The second kappa shape index (κ2) is 18.6. The largest absolute Gasteiger partial charge is 0.476 e. The van der Waals surface area contributed by atoms with Gasteiger partial charge in [0.1, 0.15) is 22.6 Å². The molecule has 0 radical (unpaired) electrons. The Hall–Kier alpha value is -4.86. The average Bonchev–Trinajstić information content (AvgIpc) is 3.84. The van der Waals surface area contributed by atoms with Gasteiger partial charge in [0.25, 0.3) is 11.8 Å². The second-order valence-electron chi connectivity index (χ2n) is 15.0. The van der Waals surface area contributed by atoms with E-state index >= 15 is 0 Å². The number of amides is 2. The molecule has 19 nitrogen and oxygen atoms in total. The Morgan fingerprint density at radius 2 is 1.11 bits per heavy atom. The lowest BCUT2D eigenvalue weighted by atomic mass is 9.94. The van der Waals surface area contributed by atoms with E-state index in [1.165, 1.54) is 22.7 Å². The molecule has 0 bridgehead atoms. The molecule has 0 unspecified atom stereocenters. The summed E-state index contributed by atoms with van der Waals surface area (Å²) in [5.41, 5.74) is -4.70. The number of thiazole rings is 2. The van der Waals surface area contributed by atoms with Gasteiger partial charge in [-0.05, 0) is 55.4 Å². The number of imide groups is 1. The Morgan fingerprint density at radius 3 is 1.46 bits per heavy atom. The molecule has 2 aromatic heterocycles. The molecule has 5 rings (SSSR count). The highest BCUT2D eigenvalue weighted by atomic mass is 32.1. The molecular weight excluding hydrogens is 791 g/mol. The van der Waals surface area contributed by atoms with Crippen LogP contribution in [-0.4, -0.2) is 116 Å². The van der Waals surface area contributed by atoms with E-state index in [1.807, 2.05) is 0 Å². The van der Waals surface area contributed by atoms with E-state index < -0.39 is 58.1 Å². The maximum absolute atomic E-state index is 12.9. The molecule has 0 spiro atoms. The van der Waals surface area contributed by atoms with E-state index in [0.717, 1.165) is 0 Å². The third-order valence-electron chi connectivity index (χ3n) is 8.07. The van der Waals surface area contributed by atoms with Crippen molar-refractivity contribution in [1.82, 2.24) is 15.0 Å². The third-order valence-corrected chi connectivity index (χ3v) is 9.61. The number of carboxylic acid groups (broad SMARTS) is 1. The van der Waals surface area contributed by atoms with Crippen LogP contribution >= 0.6 is 22.7 Å². The van der Waals surface area contributed by atoms with Gasteiger partial charge in [0.15, 0.2) is 0 Å². The van der Waals surface area contributed by atoms with Crippen molar-refractivity contribution in [3.63, 3.8) is 0 Å². The van der Waals surface area contributed by atoms with Gasteiger partial charge in [0.2, 0.25) is 22.6 Å². The fourth-order valence-electron chi connectivity index (χ4n) is 5.19. The normalized spacial score (nSPS) is 18.6. The first kappa shape index (κ1) is 44.8. The summed E-state index contributed by atoms with van der Waals surface area (Å²) in [6.07, 6.45) is 0.683. The summed E-state index contributed by atoms with van der Waals surface area (Å²) in [4.78, 5) is 98.0. The van der Waals surface area contributed by atoms with E-state index in [4.69, 9.17) is 33.5 Å². The summed E-state index contributed by atoms with van der Waals surface area (Å²) in [6, 6.07) is 0. The first-order valence-electron chi connectivity index (χ1n) is 17.9. The quantitative estimate of drug-likeness (QED) is 0.146. The Bertz CT molecular complexity index is 1860. The van der Waals surface area contributed by atoms with Crippen LogP contribution in [0.3, 0.4) is 0 Å². The van der Waals surface area contributed by atoms with Crippen molar-refractivity contribution >= 4 is 69.8 Å². The molecule has 3 saturated heterocycles. The van der Waals surface area contributed by atoms with Gasteiger partial charge in [-0.2, -0.15) is 0 Å². The van der Waals surface area contributed by atoms with Gasteiger partial charge in [-0.25, -0.2) is 29.1 Å². The van der Waals surface area contributed by atoms with Crippen molar-refractivity contribution in [2.75, 3.05) is 26.4 Å². The van der Waals surface area contributed by atoms with Crippen molar-refractivity contribution in [1.29, 1.82) is 0 Å². The van der Waals surface area contributed by atoms with Gasteiger partial charge in [-0.1, -0.05) is 10.3 Å². The number of rotatable bonds is 11. The van der Waals surface area contributed by atoms with E-state index in [9.17, 15) is 33.9 Å². The van der Waals surface area contributed by atoms with Crippen LogP contribution in [0.4, 0.5) is 0 Å². The fourth-order valence-corrected chi connectivity index (χ4v) is 6.38. The van der Waals surface area contributed by atoms with Gasteiger partial charge in [0.05, 0.1) is 36.4 Å². The fraction of sp³-hybridized carbons (Fsp3) is 0.611. The van der Waals surface area contributed by atoms with Gasteiger partial charge in [-0.3, -0.25) is 9.59 Å². The lowest BCUT2D eigenvalue weighted by molar-refractivity contribution is -0.196. The van der Waals surface area contributed by atoms with Crippen LogP contribution in [0.2, 0.25) is 0 Å². The standard InChI is InChI=1S/C20H25N3O8S.C16H22N2O6S/c1-12-21-13(11-32-12)16(17(26)30-23-14(24)5-6-15(23)25)22-31-20(7-9-28-10-8-20)18(27)29-19(2,3)4;1-10-17-11(9-25-10)12(13(19)20)18-24-16(5-7-22-8-6-16)14(21)23-15(2,3)4/h11H,5-10H2,1-4H3;9H,5-8H2,1-4H3,(H,19,20)/b22-16-;18-12-. The molecule has 57 heavy (non-hydrogen) atoms. The number of carbonyl (C=O) groups excluding carboxylic acids is 5. The van der Waals surface area contributed by atoms with Crippen LogP contribution in [0, 0.1) is 13.8 Å². The predicted molar refractivity (Wildman–Crippen MR) is 201 cm³/mol. The number of carboxylic acids is 1. The van der Waals surface area contributed by atoms with Crippen LogP contribution in [0.5, 0.6) is 0 Å². The number of ether oxygens (including phenoxy) is 4. The number of aromatic nitrogens is 2. The minimum absolute atomic E-state index is 0.0490. The van der Waals surface area contributed by atoms with Crippen LogP contribution in [0.1, 0.15) is 101 Å². The average molecular weight is 838 g/mol. The molecule has 2 aromatic rings. The van der Waals surface area contributed by atoms with Crippen molar-refractivity contribution < 1.29 is 67.3 Å². The highest BCUT2D eigenvalue weighted by Gasteiger charge is 2.48. The molecule has 0 saturated carbocycles. The zero-order chi connectivity index (χ0) is 42.2. The van der Waals surface area contributed by atoms with Crippen molar-refractivity contribution in [3.8, 4) is 0 Å². The predicted octanol–water partition coefficient (Wildman–Crippen LogP) is 3.82. The van der Waals surface area contributed by atoms with Crippen LogP contribution in [-0.2, 0) is 62.2 Å². The zero-order valence-corrected chi connectivity index (χ0v) is 34.7. The lowest BCUT2D eigenvalue weighted by Crippen LogP contribution is -2.49. The number of hydrogen-bond acceptors (Lipinski definition) is 19. The van der Waals surface area contributed by atoms with Crippen molar-refractivity contribution in [3.05, 3.63) is 32.2 Å². The first-order valence-corrected chi connectivity index (χ1v) is 19.7. The molecule has 21 heteroatoms. The molecule has 0 aromatic carbocycles. The van der Waals surface area contributed by atoms with Gasteiger partial charge >= 0.3 is 23.9 Å². The minimum atomic E-state index is -1.47. The number of aliphatic carboxylic acids is 1. The van der Waals surface area contributed by atoms with Crippen molar-refractivity contribution in [2.24, 2.45) is 10.3 Å². The number of nitrogens with zero attached hydrogens (tertiary/aromatic N) is 5. The first-order chi connectivity index (χ1) is 26.6. The molecule has 1 N–H and O–H groups in total. The molecule has 3 fully saturated rings. The maximum Gasteiger partial charge on any atom is 0.387 e. The molecule has 2 amide bonds. The number of carbonyl (C=O) groups is 6. The number of esters is 2. The molecule has 312 valence electrons. The molecule has 3 aliphatic rings. The molecule has 0 atom stereocenters. The summed E-state index contributed by atoms with van der Waals surface area (Å²) in [6.45, 7) is 15.0. The van der Waals surface area contributed by atoms with E-state index in [0.29, 0.717) is 28.3 Å². The Balaban J connectivity index is 0.000000261. The molecule has 3 aliphatic heterocycles. The topological polar surface area (TPSA) is 241 Å². The van der Waals surface area contributed by atoms with Gasteiger partial charge in [-0.15, -0.1) is 27.7 Å². The molecule has 5 heterocycles. The highest BCUT2D eigenvalue weighted by Crippen LogP contribution is 2.31.